The highest BCUT2D eigenvalue weighted by atomic mass is 35.5. The first-order valence-electron chi connectivity index (χ1n) is 7.64. The molecule has 0 unspecified atom stereocenters. The first kappa shape index (κ1) is 16.3. The SMILES string of the molecule is COc1ccc(Cl)cc1C(=O)Nc1ccc(N2CCCC2=O)cc1. The van der Waals surface area contributed by atoms with Crippen LogP contribution in [0.5, 0.6) is 5.75 Å². The van der Waals surface area contributed by atoms with E-state index in [0.29, 0.717) is 28.4 Å². The van der Waals surface area contributed by atoms with Gasteiger partial charge in [0.1, 0.15) is 5.75 Å². The molecular formula is C18H17ClN2O3. The van der Waals surface area contributed by atoms with Gasteiger partial charge in [-0.3, -0.25) is 9.59 Å². The van der Waals surface area contributed by atoms with Crippen LogP contribution in [0, 0.1) is 0 Å². The van der Waals surface area contributed by atoms with Crippen LogP contribution in [0.15, 0.2) is 42.5 Å². The topological polar surface area (TPSA) is 58.6 Å². The molecule has 0 aliphatic carbocycles. The maximum absolute atomic E-state index is 12.4. The zero-order valence-electron chi connectivity index (χ0n) is 13.2. The Morgan fingerprint density at radius 1 is 1.21 bits per heavy atom. The van der Waals surface area contributed by atoms with E-state index in [2.05, 4.69) is 5.32 Å². The minimum atomic E-state index is -0.306. The van der Waals surface area contributed by atoms with Crippen LogP contribution < -0.4 is 15.0 Å². The van der Waals surface area contributed by atoms with Crippen molar-refractivity contribution in [1.29, 1.82) is 0 Å². The summed E-state index contributed by atoms with van der Waals surface area (Å²) in [6.07, 6.45) is 1.47. The van der Waals surface area contributed by atoms with E-state index in [1.807, 2.05) is 12.1 Å². The normalized spacial score (nSPS) is 13.9. The number of benzene rings is 2. The van der Waals surface area contributed by atoms with E-state index < -0.39 is 0 Å². The molecule has 1 heterocycles. The molecule has 1 saturated heterocycles. The van der Waals surface area contributed by atoms with Gasteiger partial charge in [-0.25, -0.2) is 0 Å². The summed E-state index contributed by atoms with van der Waals surface area (Å²) < 4.78 is 5.19. The van der Waals surface area contributed by atoms with Gasteiger partial charge in [-0.15, -0.1) is 0 Å². The molecule has 1 N–H and O–H groups in total. The number of anilines is 2. The lowest BCUT2D eigenvalue weighted by Gasteiger charge is -2.16. The fourth-order valence-corrected chi connectivity index (χ4v) is 2.87. The number of methoxy groups -OCH3 is 1. The third kappa shape index (κ3) is 3.36. The molecule has 0 bridgehead atoms. The number of ether oxygens (including phenoxy) is 1. The van der Waals surface area contributed by atoms with Crippen molar-refractivity contribution in [3.05, 3.63) is 53.1 Å². The average molecular weight is 345 g/mol. The summed E-state index contributed by atoms with van der Waals surface area (Å²) in [4.78, 5) is 25.9. The van der Waals surface area contributed by atoms with Crippen molar-refractivity contribution in [3.63, 3.8) is 0 Å². The molecule has 0 spiro atoms. The molecule has 6 heteroatoms. The van der Waals surface area contributed by atoms with Crippen molar-refractivity contribution in [2.75, 3.05) is 23.9 Å². The lowest BCUT2D eigenvalue weighted by molar-refractivity contribution is -0.117. The highest BCUT2D eigenvalue weighted by Crippen LogP contribution is 2.26. The van der Waals surface area contributed by atoms with Crippen LogP contribution in [0.1, 0.15) is 23.2 Å². The van der Waals surface area contributed by atoms with E-state index in [4.69, 9.17) is 16.3 Å². The Hall–Kier alpha value is -2.53. The summed E-state index contributed by atoms with van der Waals surface area (Å²) in [6, 6.07) is 12.1. The summed E-state index contributed by atoms with van der Waals surface area (Å²) in [7, 11) is 1.50. The number of nitrogens with one attached hydrogen (secondary N) is 1. The molecule has 2 aromatic rings. The average Bonchev–Trinajstić information content (AvgIpc) is 3.01. The number of amides is 2. The fourth-order valence-electron chi connectivity index (χ4n) is 2.70. The van der Waals surface area contributed by atoms with Crippen LogP contribution in [-0.4, -0.2) is 25.5 Å². The summed E-state index contributed by atoms with van der Waals surface area (Å²) in [5.74, 6) is 0.283. The quantitative estimate of drug-likeness (QED) is 0.919. The standard InChI is InChI=1S/C18H17ClN2O3/c1-24-16-9-4-12(19)11-15(16)18(23)20-13-5-7-14(8-6-13)21-10-2-3-17(21)22/h4-9,11H,2-3,10H2,1H3,(H,20,23). The molecule has 1 fully saturated rings. The smallest absolute Gasteiger partial charge is 0.259 e. The molecule has 5 nitrogen and oxygen atoms in total. The van der Waals surface area contributed by atoms with E-state index in [-0.39, 0.29) is 11.8 Å². The third-order valence-electron chi connectivity index (χ3n) is 3.92. The van der Waals surface area contributed by atoms with Gasteiger partial charge in [-0.1, -0.05) is 11.6 Å². The molecule has 2 aromatic carbocycles. The summed E-state index contributed by atoms with van der Waals surface area (Å²) in [6.45, 7) is 0.740. The van der Waals surface area contributed by atoms with Gasteiger partial charge >= 0.3 is 0 Å². The van der Waals surface area contributed by atoms with Crippen LogP contribution >= 0.6 is 11.6 Å². The second-order valence-corrected chi connectivity index (χ2v) is 5.93. The van der Waals surface area contributed by atoms with E-state index in [0.717, 1.165) is 18.7 Å². The van der Waals surface area contributed by atoms with Gasteiger partial charge in [0, 0.05) is 29.4 Å². The molecular weight excluding hydrogens is 328 g/mol. The van der Waals surface area contributed by atoms with Crippen LogP contribution in [-0.2, 0) is 4.79 Å². The second-order valence-electron chi connectivity index (χ2n) is 5.49. The monoisotopic (exact) mass is 344 g/mol. The molecule has 0 aromatic heterocycles. The van der Waals surface area contributed by atoms with Gasteiger partial charge < -0.3 is 15.0 Å². The molecule has 124 valence electrons. The maximum Gasteiger partial charge on any atom is 0.259 e. The molecule has 0 radical (unpaired) electrons. The minimum absolute atomic E-state index is 0.135. The Morgan fingerprint density at radius 2 is 1.96 bits per heavy atom. The summed E-state index contributed by atoms with van der Waals surface area (Å²) >= 11 is 5.95. The van der Waals surface area contributed by atoms with Crippen LogP contribution in [0.4, 0.5) is 11.4 Å². The largest absolute Gasteiger partial charge is 0.496 e. The lowest BCUT2D eigenvalue weighted by Crippen LogP contribution is -2.23. The Balaban J connectivity index is 1.75. The predicted octanol–water partition coefficient (Wildman–Crippen LogP) is 3.73. The van der Waals surface area contributed by atoms with Gasteiger partial charge in [0.25, 0.3) is 5.91 Å². The molecule has 3 rings (SSSR count). The molecule has 0 atom stereocenters. The van der Waals surface area contributed by atoms with Crippen molar-refractivity contribution in [2.24, 2.45) is 0 Å². The lowest BCUT2D eigenvalue weighted by atomic mass is 10.1. The van der Waals surface area contributed by atoms with Crippen LogP contribution in [0.3, 0.4) is 0 Å². The van der Waals surface area contributed by atoms with E-state index in [1.165, 1.54) is 7.11 Å². The first-order valence-corrected chi connectivity index (χ1v) is 8.01. The Bertz CT molecular complexity index is 774. The number of halogens is 1. The van der Waals surface area contributed by atoms with Gasteiger partial charge in [0.2, 0.25) is 5.91 Å². The number of hydrogen-bond acceptors (Lipinski definition) is 3. The highest BCUT2D eigenvalue weighted by molar-refractivity contribution is 6.31. The van der Waals surface area contributed by atoms with Crippen LogP contribution in [0.25, 0.3) is 0 Å². The second kappa shape index (κ2) is 6.93. The van der Waals surface area contributed by atoms with E-state index >= 15 is 0 Å². The van der Waals surface area contributed by atoms with Crippen molar-refractivity contribution >= 4 is 34.8 Å². The van der Waals surface area contributed by atoms with Gasteiger partial charge in [0.05, 0.1) is 12.7 Å². The zero-order chi connectivity index (χ0) is 17.1. The Morgan fingerprint density at radius 3 is 2.58 bits per heavy atom. The molecule has 24 heavy (non-hydrogen) atoms. The van der Waals surface area contributed by atoms with Gasteiger partial charge in [-0.05, 0) is 48.9 Å². The van der Waals surface area contributed by atoms with Crippen molar-refractivity contribution in [3.8, 4) is 5.75 Å². The van der Waals surface area contributed by atoms with Gasteiger partial charge in [0.15, 0.2) is 0 Å². The van der Waals surface area contributed by atoms with Crippen molar-refractivity contribution in [1.82, 2.24) is 0 Å². The molecule has 0 saturated carbocycles. The number of rotatable bonds is 4. The Labute approximate surface area is 145 Å². The predicted molar refractivity (Wildman–Crippen MR) is 94.0 cm³/mol. The van der Waals surface area contributed by atoms with Crippen molar-refractivity contribution < 1.29 is 14.3 Å². The fraction of sp³-hybridized carbons (Fsp3) is 0.222. The van der Waals surface area contributed by atoms with Gasteiger partial charge in [-0.2, -0.15) is 0 Å². The maximum atomic E-state index is 12.4. The first-order chi connectivity index (χ1) is 11.6. The number of carbonyl (C=O) groups is 2. The zero-order valence-corrected chi connectivity index (χ0v) is 14.0. The van der Waals surface area contributed by atoms with E-state index in [9.17, 15) is 9.59 Å². The number of hydrogen-bond donors (Lipinski definition) is 1. The number of nitrogens with zero attached hydrogens (tertiary/aromatic N) is 1. The summed E-state index contributed by atoms with van der Waals surface area (Å²) in [5.41, 5.74) is 1.84. The number of carbonyl (C=O) groups excluding carboxylic acids is 2. The highest BCUT2D eigenvalue weighted by Gasteiger charge is 2.21. The summed E-state index contributed by atoms with van der Waals surface area (Å²) in [5, 5.41) is 3.27. The third-order valence-corrected chi connectivity index (χ3v) is 4.15. The molecule has 2 amide bonds. The molecule has 1 aliphatic rings. The molecule has 1 aliphatic heterocycles. The Kier molecular flexibility index (Phi) is 4.71. The van der Waals surface area contributed by atoms with Crippen LogP contribution in [0.2, 0.25) is 5.02 Å². The minimum Gasteiger partial charge on any atom is -0.496 e. The van der Waals surface area contributed by atoms with Crippen molar-refractivity contribution in [2.45, 2.75) is 12.8 Å². The van der Waals surface area contributed by atoms with E-state index in [1.54, 1.807) is 35.2 Å².